The van der Waals surface area contributed by atoms with Crippen LogP contribution in [0.5, 0.6) is 0 Å². The zero-order valence-electron chi connectivity index (χ0n) is 16.1. The molecule has 0 fully saturated rings. The van der Waals surface area contributed by atoms with E-state index in [9.17, 15) is 4.79 Å². The summed E-state index contributed by atoms with van der Waals surface area (Å²) in [5.74, 6) is 0.780. The van der Waals surface area contributed by atoms with Gasteiger partial charge in [-0.2, -0.15) is 0 Å². The Bertz CT molecular complexity index is 755. The van der Waals surface area contributed by atoms with Crippen LogP contribution < -0.4 is 10.6 Å². The molecule has 27 heavy (non-hydrogen) atoms. The number of hydrogen-bond donors (Lipinski definition) is 2. The number of rotatable bonds is 7. The number of guanidine groups is 1. The first-order chi connectivity index (χ1) is 13.0. The van der Waals surface area contributed by atoms with Crippen molar-refractivity contribution in [2.24, 2.45) is 4.99 Å². The number of nitrogens with one attached hydrogen (secondary N) is 2. The van der Waals surface area contributed by atoms with Crippen molar-refractivity contribution in [3.05, 3.63) is 70.2 Å². The Kier molecular flexibility index (Phi) is 8.14. The molecule has 0 saturated carbocycles. The van der Waals surface area contributed by atoms with Crippen molar-refractivity contribution >= 4 is 23.5 Å². The van der Waals surface area contributed by atoms with E-state index in [1.54, 1.807) is 19.0 Å². The molecular formula is C21H27ClN4O. The number of halogens is 1. The lowest BCUT2D eigenvalue weighted by Crippen LogP contribution is -2.38. The van der Waals surface area contributed by atoms with Gasteiger partial charge in [0.25, 0.3) is 5.91 Å². The maximum absolute atomic E-state index is 11.9. The van der Waals surface area contributed by atoms with Crippen LogP contribution in [0.2, 0.25) is 5.02 Å². The van der Waals surface area contributed by atoms with Gasteiger partial charge in [-0.1, -0.05) is 35.9 Å². The van der Waals surface area contributed by atoms with Crippen molar-refractivity contribution in [3.8, 4) is 0 Å². The molecule has 0 radical (unpaired) electrons. The fraction of sp³-hybridized carbons (Fsp3) is 0.333. The highest BCUT2D eigenvalue weighted by molar-refractivity contribution is 6.30. The molecule has 0 aliphatic heterocycles. The van der Waals surface area contributed by atoms with Crippen molar-refractivity contribution < 1.29 is 4.79 Å². The largest absolute Gasteiger partial charge is 0.357 e. The topological polar surface area (TPSA) is 56.7 Å². The third-order valence-corrected chi connectivity index (χ3v) is 4.24. The summed E-state index contributed by atoms with van der Waals surface area (Å²) < 4.78 is 0. The molecule has 0 spiro atoms. The highest BCUT2D eigenvalue weighted by atomic mass is 35.5. The van der Waals surface area contributed by atoms with E-state index in [2.05, 4.69) is 15.6 Å². The average molecular weight is 387 g/mol. The molecule has 0 aliphatic rings. The third kappa shape index (κ3) is 6.94. The van der Waals surface area contributed by atoms with Crippen molar-refractivity contribution in [1.82, 2.24) is 15.5 Å². The Morgan fingerprint density at radius 3 is 2.22 bits per heavy atom. The second kappa shape index (κ2) is 10.6. The quantitative estimate of drug-likeness (QED) is 0.566. The number of aliphatic imine (C=N–C) groups is 1. The first-order valence-corrected chi connectivity index (χ1v) is 9.44. The first kappa shape index (κ1) is 20.8. The number of amides is 1. The van der Waals surface area contributed by atoms with Crippen molar-refractivity contribution in [2.75, 3.05) is 27.2 Å². The summed E-state index contributed by atoms with van der Waals surface area (Å²) in [6, 6.07) is 15.4. The monoisotopic (exact) mass is 386 g/mol. The van der Waals surface area contributed by atoms with Gasteiger partial charge in [-0.25, -0.2) is 4.99 Å². The molecule has 5 nitrogen and oxygen atoms in total. The second-order valence-corrected chi connectivity index (χ2v) is 6.83. The predicted molar refractivity (Wildman–Crippen MR) is 112 cm³/mol. The summed E-state index contributed by atoms with van der Waals surface area (Å²) in [7, 11) is 3.50. The molecular weight excluding hydrogens is 360 g/mol. The van der Waals surface area contributed by atoms with Crippen molar-refractivity contribution in [1.29, 1.82) is 0 Å². The van der Waals surface area contributed by atoms with E-state index in [4.69, 9.17) is 11.6 Å². The van der Waals surface area contributed by atoms with Gasteiger partial charge in [-0.05, 0) is 48.7 Å². The minimum Gasteiger partial charge on any atom is -0.357 e. The van der Waals surface area contributed by atoms with Crippen LogP contribution in [0, 0.1) is 0 Å². The Hall–Kier alpha value is -2.53. The summed E-state index contributed by atoms with van der Waals surface area (Å²) in [5, 5.41) is 7.34. The van der Waals surface area contributed by atoms with Crippen LogP contribution >= 0.6 is 11.6 Å². The molecule has 0 saturated heterocycles. The van der Waals surface area contributed by atoms with E-state index in [0.717, 1.165) is 36.1 Å². The van der Waals surface area contributed by atoms with Crippen LogP contribution in [0.3, 0.4) is 0 Å². The molecule has 0 aliphatic carbocycles. The molecule has 0 bridgehead atoms. The fourth-order valence-electron chi connectivity index (χ4n) is 2.50. The van der Waals surface area contributed by atoms with Gasteiger partial charge in [0.15, 0.2) is 5.96 Å². The molecule has 2 N–H and O–H groups in total. The molecule has 0 unspecified atom stereocenters. The van der Waals surface area contributed by atoms with Crippen molar-refractivity contribution in [2.45, 2.75) is 19.9 Å². The van der Waals surface area contributed by atoms with E-state index < -0.39 is 0 Å². The Morgan fingerprint density at radius 1 is 1.00 bits per heavy atom. The number of nitrogens with zero attached hydrogens (tertiary/aromatic N) is 2. The molecule has 0 aromatic heterocycles. The fourth-order valence-corrected chi connectivity index (χ4v) is 2.63. The van der Waals surface area contributed by atoms with E-state index in [1.165, 1.54) is 5.56 Å². The van der Waals surface area contributed by atoms with Gasteiger partial charge in [0, 0.05) is 37.8 Å². The van der Waals surface area contributed by atoms with Crippen LogP contribution in [0.25, 0.3) is 0 Å². The number of carbonyl (C=O) groups excluding carboxylic acids is 1. The molecule has 2 aromatic carbocycles. The molecule has 2 aromatic rings. The zero-order chi connectivity index (χ0) is 19.6. The molecule has 6 heteroatoms. The number of carbonyl (C=O) groups is 1. The first-order valence-electron chi connectivity index (χ1n) is 9.07. The van der Waals surface area contributed by atoms with E-state index in [1.807, 2.05) is 55.5 Å². The molecule has 0 atom stereocenters. The van der Waals surface area contributed by atoms with Gasteiger partial charge in [0.2, 0.25) is 0 Å². The van der Waals surface area contributed by atoms with Gasteiger partial charge in [0.1, 0.15) is 0 Å². The lowest BCUT2D eigenvalue weighted by molar-refractivity contribution is 0.0827. The third-order valence-electron chi connectivity index (χ3n) is 3.99. The summed E-state index contributed by atoms with van der Waals surface area (Å²) in [4.78, 5) is 18.1. The average Bonchev–Trinajstić information content (AvgIpc) is 2.67. The van der Waals surface area contributed by atoms with Gasteiger partial charge in [-0.3, -0.25) is 4.79 Å². The van der Waals surface area contributed by atoms with Crippen LogP contribution in [-0.4, -0.2) is 44.0 Å². The molecule has 1 amide bonds. The summed E-state index contributed by atoms with van der Waals surface area (Å²) in [6.45, 7) is 4.16. The maximum Gasteiger partial charge on any atom is 0.253 e. The van der Waals surface area contributed by atoms with Crippen LogP contribution in [0.15, 0.2) is 53.5 Å². The Balaban J connectivity index is 1.90. The highest BCUT2D eigenvalue weighted by Gasteiger charge is 2.07. The minimum atomic E-state index is 0.00209. The maximum atomic E-state index is 11.9. The smallest absolute Gasteiger partial charge is 0.253 e. The zero-order valence-corrected chi connectivity index (χ0v) is 16.9. The van der Waals surface area contributed by atoms with Crippen LogP contribution in [0.1, 0.15) is 28.4 Å². The van der Waals surface area contributed by atoms with E-state index in [-0.39, 0.29) is 5.91 Å². The predicted octanol–water partition coefficient (Wildman–Crippen LogP) is 3.34. The molecule has 2 rings (SSSR count). The normalized spacial score (nSPS) is 11.2. The Morgan fingerprint density at radius 2 is 1.63 bits per heavy atom. The van der Waals surface area contributed by atoms with Crippen LogP contribution in [0.4, 0.5) is 0 Å². The standard InChI is InChI=1S/C21H27ClN4O/c1-4-23-21(24-14-13-16-7-11-19(22)12-8-16)25-15-17-5-9-18(10-6-17)20(27)26(2)3/h5-12H,4,13-15H2,1-3H3,(H2,23,24,25). The SMILES string of the molecule is CCNC(=NCc1ccc(C(=O)N(C)C)cc1)NCCc1ccc(Cl)cc1. The highest BCUT2D eigenvalue weighted by Crippen LogP contribution is 2.10. The van der Waals surface area contributed by atoms with E-state index in [0.29, 0.717) is 12.1 Å². The van der Waals surface area contributed by atoms with Crippen LogP contribution in [-0.2, 0) is 13.0 Å². The number of benzene rings is 2. The second-order valence-electron chi connectivity index (χ2n) is 6.39. The van der Waals surface area contributed by atoms with Crippen molar-refractivity contribution in [3.63, 3.8) is 0 Å². The Labute approximate surface area is 166 Å². The lowest BCUT2D eigenvalue weighted by atomic mass is 10.1. The summed E-state index contributed by atoms with van der Waals surface area (Å²) in [5.41, 5.74) is 2.96. The van der Waals surface area contributed by atoms with E-state index >= 15 is 0 Å². The summed E-state index contributed by atoms with van der Waals surface area (Å²) >= 11 is 5.91. The molecule has 0 heterocycles. The van der Waals surface area contributed by atoms with Gasteiger partial charge in [0.05, 0.1) is 6.54 Å². The van der Waals surface area contributed by atoms with Gasteiger partial charge in [-0.15, -0.1) is 0 Å². The molecule has 144 valence electrons. The van der Waals surface area contributed by atoms with Gasteiger partial charge < -0.3 is 15.5 Å². The summed E-state index contributed by atoms with van der Waals surface area (Å²) in [6.07, 6.45) is 0.892. The van der Waals surface area contributed by atoms with Gasteiger partial charge >= 0.3 is 0 Å². The lowest BCUT2D eigenvalue weighted by Gasteiger charge is -2.12. The minimum absolute atomic E-state index is 0.00209. The number of hydrogen-bond acceptors (Lipinski definition) is 2.